The maximum absolute atomic E-state index is 6.17. The summed E-state index contributed by atoms with van der Waals surface area (Å²) < 4.78 is 0. The van der Waals surface area contributed by atoms with Gasteiger partial charge in [0.1, 0.15) is 0 Å². The van der Waals surface area contributed by atoms with E-state index in [1.54, 1.807) is 0 Å². The van der Waals surface area contributed by atoms with Crippen molar-refractivity contribution in [1.82, 2.24) is 4.98 Å². The second-order valence-corrected chi connectivity index (χ2v) is 6.49. The van der Waals surface area contributed by atoms with Crippen LogP contribution in [-0.2, 0) is 0 Å². The van der Waals surface area contributed by atoms with Gasteiger partial charge in [-0.3, -0.25) is 4.98 Å². The van der Waals surface area contributed by atoms with E-state index < -0.39 is 0 Å². The Bertz CT molecular complexity index is 648. The SMILES string of the molecule is CC/C(CCN)=C(\C/C=C/C=C(/Cl)C=C(C)C)c1ncccc1C. The van der Waals surface area contributed by atoms with Crippen LogP contribution in [0.25, 0.3) is 5.57 Å². The van der Waals surface area contributed by atoms with Gasteiger partial charge in [-0.05, 0) is 75.9 Å². The van der Waals surface area contributed by atoms with E-state index in [-0.39, 0.29) is 0 Å². The smallest absolute Gasteiger partial charge is 0.0693 e. The molecule has 2 nitrogen and oxygen atoms in total. The number of rotatable bonds is 8. The highest BCUT2D eigenvalue weighted by Gasteiger charge is 2.10. The number of hydrogen-bond acceptors (Lipinski definition) is 2. The van der Waals surface area contributed by atoms with Gasteiger partial charge < -0.3 is 5.73 Å². The summed E-state index contributed by atoms with van der Waals surface area (Å²) in [6.07, 6.45) is 12.6. The highest BCUT2D eigenvalue weighted by molar-refractivity contribution is 6.31. The van der Waals surface area contributed by atoms with Gasteiger partial charge >= 0.3 is 0 Å². The fourth-order valence-corrected chi connectivity index (χ4v) is 2.89. The molecule has 0 bridgehead atoms. The Hall–Kier alpha value is -1.64. The molecule has 130 valence electrons. The molecule has 1 aromatic rings. The van der Waals surface area contributed by atoms with Crippen LogP contribution in [-0.4, -0.2) is 11.5 Å². The van der Waals surface area contributed by atoms with Gasteiger partial charge in [-0.2, -0.15) is 0 Å². The number of allylic oxidation sites excluding steroid dienone is 7. The molecule has 0 saturated carbocycles. The first-order chi connectivity index (χ1) is 11.5. The molecule has 3 heteroatoms. The van der Waals surface area contributed by atoms with E-state index in [0.717, 1.165) is 30.0 Å². The minimum atomic E-state index is 0.661. The quantitative estimate of drug-likeness (QED) is 0.593. The van der Waals surface area contributed by atoms with Gasteiger partial charge in [-0.15, -0.1) is 0 Å². The molecule has 0 atom stereocenters. The first kappa shape index (κ1) is 20.4. The van der Waals surface area contributed by atoms with Crippen molar-refractivity contribution in [2.75, 3.05) is 6.54 Å². The fraction of sp³-hybridized carbons (Fsp3) is 0.381. The first-order valence-electron chi connectivity index (χ1n) is 8.49. The molecule has 0 aliphatic carbocycles. The van der Waals surface area contributed by atoms with Gasteiger partial charge in [-0.1, -0.05) is 47.9 Å². The molecule has 0 aliphatic heterocycles. The summed E-state index contributed by atoms with van der Waals surface area (Å²) in [5, 5.41) is 0.739. The van der Waals surface area contributed by atoms with Gasteiger partial charge in [-0.25, -0.2) is 0 Å². The van der Waals surface area contributed by atoms with Crippen molar-refractivity contribution in [2.45, 2.75) is 47.0 Å². The van der Waals surface area contributed by atoms with E-state index >= 15 is 0 Å². The third-order valence-corrected chi connectivity index (χ3v) is 3.97. The predicted octanol–water partition coefficient (Wildman–Crippen LogP) is 5.94. The Morgan fingerprint density at radius 1 is 1.33 bits per heavy atom. The molecule has 0 unspecified atom stereocenters. The Morgan fingerprint density at radius 2 is 2.08 bits per heavy atom. The topological polar surface area (TPSA) is 38.9 Å². The maximum atomic E-state index is 6.17. The molecular formula is C21H29ClN2. The van der Waals surface area contributed by atoms with Gasteiger partial charge in [0.2, 0.25) is 0 Å². The number of halogens is 1. The summed E-state index contributed by atoms with van der Waals surface area (Å²) in [5.74, 6) is 0. The number of hydrogen-bond donors (Lipinski definition) is 1. The third kappa shape index (κ3) is 6.86. The molecule has 1 heterocycles. The zero-order chi connectivity index (χ0) is 17.9. The average molecular weight is 345 g/mol. The van der Waals surface area contributed by atoms with Crippen molar-refractivity contribution >= 4 is 17.2 Å². The lowest BCUT2D eigenvalue weighted by molar-refractivity contribution is 0.889. The molecule has 0 aliphatic rings. The monoisotopic (exact) mass is 344 g/mol. The lowest BCUT2D eigenvalue weighted by atomic mass is 9.94. The van der Waals surface area contributed by atoms with Crippen LogP contribution < -0.4 is 5.73 Å². The van der Waals surface area contributed by atoms with Gasteiger partial charge in [0, 0.05) is 11.2 Å². The van der Waals surface area contributed by atoms with Crippen molar-refractivity contribution in [3.63, 3.8) is 0 Å². The zero-order valence-corrected chi connectivity index (χ0v) is 16.0. The van der Waals surface area contributed by atoms with Crippen molar-refractivity contribution in [1.29, 1.82) is 0 Å². The van der Waals surface area contributed by atoms with Crippen LogP contribution in [0.5, 0.6) is 0 Å². The number of aromatic nitrogens is 1. The van der Waals surface area contributed by atoms with E-state index in [1.165, 1.54) is 22.3 Å². The normalized spacial score (nSPS) is 13.2. The molecule has 1 aromatic heterocycles. The Balaban J connectivity index is 3.09. The summed E-state index contributed by atoms with van der Waals surface area (Å²) in [7, 11) is 0. The Kier molecular flexibility index (Phi) is 9.36. The summed E-state index contributed by atoms with van der Waals surface area (Å²) in [5.41, 5.74) is 11.9. The average Bonchev–Trinajstić information content (AvgIpc) is 2.53. The summed E-state index contributed by atoms with van der Waals surface area (Å²) >= 11 is 6.17. The van der Waals surface area contributed by atoms with E-state index in [0.29, 0.717) is 6.54 Å². The van der Waals surface area contributed by atoms with Crippen LogP contribution >= 0.6 is 11.6 Å². The Labute approximate surface area is 151 Å². The number of pyridine rings is 1. The van der Waals surface area contributed by atoms with Crippen molar-refractivity contribution < 1.29 is 0 Å². The van der Waals surface area contributed by atoms with Crippen LogP contribution in [0.15, 0.2) is 58.8 Å². The van der Waals surface area contributed by atoms with E-state index in [2.05, 4.69) is 31.0 Å². The minimum absolute atomic E-state index is 0.661. The first-order valence-corrected chi connectivity index (χ1v) is 8.87. The van der Waals surface area contributed by atoms with Gasteiger partial charge in [0.25, 0.3) is 0 Å². The van der Waals surface area contributed by atoms with E-state index in [4.69, 9.17) is 17.3 Å². The molecular weight excluding hydrogens is 316 g/mol. The molecule has 0 radical (unpaired) electrons. The third-order valence-electron chi connectivity index (χ3n) is 3.74. The second-order valence-electron chi connectivity index (χ2n) is 6.05. The highest BCUT2D eigenvalue weighted by Crippen LogP contribution is 2.27. The van der Waals surface area contributed by atoms with Gasteiger partial charge in [0.15, 0.2) is 0 Å². The molecule has 0 amide bonds. The summed E-state index contributed by atoms with van der Waals surface area (Å²) in [6, 6.07) is 4.08. The van der Waals surface area contributed by atoms with Crippen molar-refractivity contribution in [2.24, 2.45) is 5.73 Å². The molecule has 0 aromatic carbocycles. The van der Waals surface area contributed by atoms with Crippen LogP contribution in [0.4, 0.5) is 0 Å². The van der Waals surface area contributed by atoms with Crippen molar-refractivity contribution in [3.05, 3.63) is 70.1 Å². The number of nitrogens with two attached hydrogens (primary N) is 1. The van der Waals surface area contributed by atoms with Crippen LogP contribution in [0, 0.1) is 6.92 Å². The molecule has 1 rings (SSSR count). The minimum Gasteiger partial charge on any atom is -0.330 e. The van der Waals surface area contributed by atoms with Gasteiger partial charge in [0.05, 0.1) is 5.69 Å². The van der Waals surface area contributed by atoms with E-state index in [1.807, 2.05) is 44.3 Å². The summed E-state index contributed by atoms with van der Waals surface area (Å²) in [4.78, 5) is 4.60. The Morgan fingerprint density at radius 3 is 2.67 bits per heavy atom. The lowest BCUT2D eigenvalue weighted by Crippen LogP contribution is -2.04. The molecule has 0 fully saturated rings. The second kappa shape index (κ2) is 11.0. The fourth-order valence-electron chi connectivity index (χ4n) is 2.60. The van der Waals surface area contributed by atoms with Crippen molar-refractivity contribution in [3.8, 4) is 0 Å². The zero-order valence-electron chi connectivity index (χ0n) is 15.3. The standard InChI is InChI=1S/C21H29ClN2/c1-5-18(12-13-23)20(21-17(4)9-8-14-24-21)11-7-6-10-19(22)15-16(2)3/h6-10,14-15H,5,11-13,23H2,1-4H3/b7-6+,19-10+,20-18-. The van der Waals surface area contributed by atoms with Crippen LogP contribution in [0.1, 0.15) is 51.3 Å². The summed E-state index contributed by atoms with van der Waals surface area (Å²) in [6.45, 7) is 9.01. The highest BCUT2D eigenvalue weighted by atomic mass is 35.5. The number of nitrogens with zero attached hydrogens (tertiary/aromatic N) is 1. The number of aryl methyl sites for hydroxylation is 1. The molecule has 0 saturated heterocycles. The van der Waals surface area contributed by atoms with E-state index in [9.17, 15) is 0 Å². The largest absolute Gasteiger partial charge is 0.330 e. The van der Waals surface area contributed by atoms with Crippen LogP contribution in [0.3, 0.4) is 0 Å². The lowest BCUT2D eigenvalue weighted by Gasteiger charge is -2.14. The molecule has 2 N–H and O–H groups in total. The maximum Gasteiger partial charge on any atom is 0.0693 e. The molecule has 24 heavy (non-hydrogen) atoms. The van der Waals surface area contributed by atoms with Crippen LogP contribution in [0.2, 0.25) is 0 Å². The predicted molar refractivity (Wildman–Crippen MR) is 107 cm³/mol. The molecule has 0 spiro atoms.